The molecule has 146 valence electrons. The van der Waals surface area contributed by atoms with Crippen molar-refractivity contribution >= 4 is 22.9 Å². The highest BCUT2D eigenvalue weighted by atomic mass is 16.2. The second-order valence-corrected chi connectivity index (χ2v) is 7.88. The van der Waals surface area contributed by atoms with Crippen LogP contribution >= 0.6 is 0 Å². The van der Waals surface area contributed by atoms with Gasteiger partial charge >= 0.3 is 0 Å². The van der Waals surface area contributed by atoms with Crippen molar-refractivity contribution < 1.29 is 4.79 Å². The van der Waals surface area contributed by atoms with E-state index in [2.05, 4.69) is 59.0 Å². The van der Waals surface area contributed by atoms with E-state index in [4.69, 9.17) is 0 Å². The lowest BCUT2D eigenvalue weighted by Crippen LogP contribution is -2.57. The molecule has 0 aliphatic carbocycles. The Balaban J connectivity index is 1.74. The summed E-state index contributed by atoms with van der Waals surface area (Å²) in [6.07, 6.45) is 3.12. The fourth-order valence-electron chi connectivity index (χ4n) is 4.48. The molecule has 3 aromatic rings. The third kappa shape index (κ3) is 2.82. The maximum atomic E-state index is 13.4. The number of rotatable bonds is 4. The van der Waals surface area contributed by atoms with Crippen LogP contribution in [0.15, 0.2) is 30.9 Å². The molecular formula is C21H26N6O. The van der Waals surface area contributed by atoms with E-state index in [1.807, 2.05) is 24.0 Å². The number of nitrogens with zero attached hydrogens (tertiary/aromatic N) is 4. The summed E-state index contributed by atoms with van der Waals surface area (Å²) in [7, 11) is 0. The predicted octanol–water partition coefficient (Wildman–Crippen LogP) is 3.50. The Morgan fingerprint density at radius 2 is 1.96 bits per heavy atom. The number of aryl methyl sites for hydroxylation is 1. The summed E-state index contributed by atoms with van der Waals surface area (Å²) in [6.45, 7) is 10.5. The summed E-state index contributed by atoms with van der Waals surface area (Å²) in [5, 5.41) is 3.51. The van der Waals surface area contributed by atoms with E-state index >= 15 is 0 Å². The van der Waals surface area contributed by atoms with E-state index in [1.165, 1.54) is 6.33 Å². The van der Waals surface area contributed by atoms with Crippen molar-refractivity contribution in [3.05, 3.63) is 47.5 Å². The molecule has 0 spiro atoms. The number of nitrogens with one attached hydrogen (secondary N) is 2. The maximum absolute atomic E-state index is 13.4. The maximum Gasteiger partial charge on any atom is 0.254 e. The van der Waals surface area contributed by atoms with Crippen molar-refractivity contribution in [3.8, 4) is 0 Å². The normalized spacial score (nSPS) is 20.5. The quantitative estimate of drug-likeness (QED) is 0.726. The third-order valence-electron chi connectivity index (χ3n) is 5.73. The van der Waals surface area contributed by atoms with Gasteiger partial charge in [-0.15, -0.1) is 0 Å². The van der Waals surface area contributed by atoms with Crippen LogP contribution in [0.2, 0.25) is 0 Å². The number of fused-ring (bicyclic) bond motifs is 2. The minimum absolute atomic E-state index is 0.00487. The van der Waals surface area contributed by atoms with Gasteiger partial charge in [-0.05, 0) is 38.8 Å². The van der Waals surface area contributed by atoms with E-state index < -0.39 is 0 Å². The van der Waals surface area contributed by atoms with Crippen LogP contribution in [-0.2, 0) is 0 Å². The Morgan fingerprint density at radius 1 is 1.18 bits per heavy atom. The first kappa shape index (κ1) is 18.4. The Hall–Kier alpha value is -2.96. The molecule has 0 saturated heterocycles. The highest BCUT2D eigenvalue weighted by Crippen LogP contribution is 2.38. The number of aromatic amines is 1. The van der Waals surface area contributed by atoms with Crippen molar-refractivity contribution in [2.75, 3.05) is 5.32 Å². The number of carbonyl (C=O) groups is 1. The lowest BCUT2D eigenvalue weighted by molar-refractivity contribution is 0.0513. The zero-order chi connectivity index (χ0) is 20.0. The summed E-state index contributed by atoms with van der Waals surface area (Å²) in [6, 6.07) is 6.21. The van der Waals surface area contributed by atoms with Gasteiger partial charge < -0.3 is 15.2 Å². The molecule has 7 heteroatoms. The number of aromatic nitrogens is 4. The monoisotopic (exact) mass is 378 g/mol. The van der Waals surface area contributed by atoms with Crippen molar-refractivity contribution in [2.45, 2.75) is 58.7 Å². The SMILES string of the molecule is Cc1cccc2c1C(=O)N(C(C)C)C(C(C)Nc1ncnc3nc[nH]c13)C2C. The molecule has 1 aromatic carbocycles. The largest absolute Gasteiger partial charge is 0.364 e. The van der Waals surface area contributed by atoms with Gasteiger partial charge in [-0.3, -0.25) is 4.79 Å². The van der Waals surface area contributed by atoms with Gasteiger partial charge in [-0.1, -0.05) is 25.1 Å². The van der Waals surface area contributed by atoms with E-state index in [0.29, 0.717) is 11.5 Å². The van der Waals surface area contributed by atoms with Gasteiger partial charge in [0.15, 0.2) is 11.5 Å². The molecule has 4 rings (SSSR count). The van der Waals surface area contributed by atoms with Crippen LogP contribution < -0.4 is 5.32 Å². The molecule has 3 atom stereocenters. The molecule has 1 aliphatic heterocycles. The Morgan fingerprint density at radius 3 is 2.71 bits per heavy atom. The average Bonchev–Trinajstić information content (AvgIpc) is 3.13. The zero-order valence-electron chi connectivity index (χ0n) is 16.9. The standard InChI is InChI=1S/C21H26N6O/c1-11(2)27-18(13(4)15-8-6-7-12(3)16(15)21(27)28)14(5)26-20-17-19(23-9-22-17)24-10-25-20/h6-11,13-14,18H,1-5H3,(H2,22,23,24,25,26). The average molecular weight is 378 g/mol. The van der Waals surface area contributed by atoms with Crippen LogP contribution in [0.5, 0.6) is 0 Å². The Kier molecular flexibility index (Phi) is 4.53. The van der Waals surface area contributed by atoms with Crippen molar-refractivity contribution in [3.63, 3.8) is 0 Å². The molecule has 0 saturated carbocycles. The molecule has 2 aromatic heterocycles. The van der Waals surface area contributed by atoms with Gasteiger partial charge in [-0.25, -0.2) is 15.0 Å². The second-order valence-electron chi connectivity index (χ2n) is 7.88. The highest BCUT2D eigenvalue weighted by molar-refractivity contribution is 5.99. The van der Waals surface area contributed by atoms with Gasteiger partial charge in [0.05, 0.1) is 12.4 Å². The van der Waals surface area contributed by atoms with Crippen LogP contribution in [0.1, 0.15) is 55.1 Å². The first-order valence-corrected chi connectivity index (χ1v) is 9.73. The van der Waals surface area contributed by atoms with Crippen LogP contribution in [0.3, 0.4) is 0 Å². The number of hydrogen-bond donors (Lipinski definition) is 2. The first-order chi connectivity index (χ1) is 13.4. The van der Waals surface area contributed by atoms with Crippen LogP contribution in [0, 0.1) is 6.92 Å². The van der Waals surface area contributed by atoms with E-state index in [1.54, 1.807) is 6.33 Å². The van der Waals surface area contributed by atoms with Gasteiger partial charge in [0.25, 0.3) is 5.91 Å². The topological polar surface area (TPSA) is 86.8 Å². The Bertz CT molecular complexity index is 1030. The summed E-state index contributed by atoms with van der Waals surface area (Å²) >= 11 is 0. The number of H-pyrrole nitrogens is 1. The summed E-state index contributed by atoms with van der Waals surface area (Å²) < 4.78 is 0. The lowest BCUT2D eigenvalue weighted by atomic mass is 9.79. The smallest absolute Gasteiger partial charge is 0.254 e. The minimum Gasteiger partial charge on any atom is -0.364 e. The van der Waals surface area contributed by atoms with Crippen molar-refractivity contribution in [2.24, 2.45) is 0 Å². The molecule has 0 fully saturated rings. The molecule has 3 heterocycles. The predicted molar refractivity (Wildman–Crippen MR) is 109 cm³/mol. The number of imidazole rings is 1. The first-order valence-electron chi connectivity index (χ1n) is 9.73. The Labute approximate surface area is 164 Å². The third-order valence-corrected chi connectivity index (χ3v) is 5.73. The number of hydrogen-bond acceptors (Lipinski definition) is 5. The second kappa shape index (κ2) is 6.89. The molecule has 0 bridgehead atoms. The molecule has 0 radical (unpaired) electrons. The van der Waals surface area contributed by atoms with Crippen molar-refractivity contribution in [1.82, 2.24) is 24.8 Å². The van der Waals surface area contributed by atoms with E-state index in [0.717, 1.165) is 22.2 Å². The number of benzene rings is 1. The van der Waals surface area contributed by atoms with Gasteiger partial charge in [0, 0.05) is 23.6 Å². The minimum atomic E-state index is -0.0172. The lowest BCUT2D eigenvalue weighted by Gasteiger charge is -2.46. The number of carbonyl (C=O) groups excluding carboxylic acids is 1. The fourth-order valence-corrected chi connectivity index (χ4v) is 4.48. The number of amides is 1. The van der Waals surface area contributed by atoms with Gasteiger partial charge in [0.2, 0.25) is 0 Å². The van der Waals surface area contributed by atoms with Crippen LogP contribution in [0.4, 0.5) is 5.82 Å². The number of anilines is 1. The molecule has 3 unspecified atom stereocenters. The summed E-state index contributed by atoms with van der Waals surface area (Å²) in [5.41, 5.74) is 4.41. The van der Waals surface area contributed by atoms with Crippen LogP contribution in [-0.4, -0.2) is 48.9 Å². The van der Waals surface area contributed by atoms with E-state index in [-0.39, 0.29) is 30.0 Å². The van der Waals surface area contributed by atoms with Crippen molar-refractivity contribution in [1.29, 1.82) is 0 Å². The summed E-state index contributed by atoms with van der Waals surface area (Å²) in [5.74, 6) is 0.999. The molecule has 7 nitrogen and oxygen atoms in total. The highest BCUT2D eigenvalue weighted by Gasteiger charge is 2.42. The molecule has 1 aliphatic rings. The molecule has 28 heavy (non-hydrogen) atoms. The molecular weight excluding hydrogens is 352 g/mol. The molecule has 1 amide bonds. The molecule has 2 N–H and O–H groups in total. The van der Waals surface area contributed by atoms with Gasteiger partial charge in [-0.2, -0.15) is 0 Å². The fraction of sp³-hybridized carbons (Fsp3) is 0.429. The summed E-state index contributed by atoms with van der Waals surface area (Å²) in [4.78, 5) is 31.3. The van der Waals surface area contributed by atoms with Crippen LogP contribution in [0.25, 0.3) is 11.2 Å². The van der Waals surface area contributed by atoms with Gasteiger partial charge in [0.1, 0.15) is 11.8 Å². The van der Waals surface area contributed by atoms with E-state index in [9.17, 15) is 4.79 Å². The zero-order valence-corrected chi connectivity index (χ0v) is 16.9.